The van der Waals surface area contributed by atoms with Crippen molar-refractivity contribution in [2.45, 2.75) is 70.4 Å². The van der Waals surface area contributed by atoms with Crippen molar-refractivity contribution in [1.82, 2.24) is 14.9 Å². The molecule has 4 rings (SSSR count). The number of hydrogen-bond donors (Lipinski definition) is 1. The second kappa shape index (κ2) is 11.5. The number of aromatic nitrogens is 2. The summed E-state index contributed by atoms with van der Waals surface area (Å²) in [5.41, 5.74) is 2.24. The van der Waals surface area contributed by atoms with Crippen LogP contribution in [0.5, 0.6) is 5.75 Å². The van der Waals surface area contributed by atoms with Crippen LogP contribution in [0.25, 0.3) is 0 Å². The number of carbonyl (C=O) groups is 2. The normalized spacial score (nSPS) is 20.8. The van der Waals surface area contributed by atoms with Crippen LogP contribution in [0.15, 0.2) is 61.1 Å². The fourth-order valence-corrected chi connectivity index (χ4v) is 6.18. The molecular formula is C33H42N4O4. The fourth-order valence-electron chi connectivity index (χ4n) is 6.18. The zero-order valence-electron chi connectivity index (χ0n) is 25.4. The Morgan fingerprint density at radius 2 is 1.80 bits per heavy atom. The molecule has 1 fully saturated rings. The summed E-state index contributed by atoms with van der Waals surface area (Å²) in [6, 6.07) is 12.8. The van der Waals surface area contributed by atoms with Gasteiger partial charge in [0.1, 0.15) is 11.3 Å². The van der Waals surface area contributed by atoms with Crippen molar-refractivity contribution in [3.05, 3.63) is 83.4 Å². The van der Waals surface area contributed by atoms with Crippen molar-refractivity contribution < 1.29 is 19.4 Å². The van der Waals surface area contributed by atoms with Crippen LogP contribution >= 0.6 is 0 Å². The fraction of sp³-hybridized carbons (Fsp3) is 0.455. The van der Waals surface area contributed by atoms with Crippen LogP contribution in [0.1, 0.15) is 86.6 Å². The molecule has 3 aromatic rings. The molecule has 218 valence electrons. The molecule has 0 spiro atoms. The van der Waals surface area contributed by atoms with Gasteiger partial charge in [-0.1, -0.05) is 52.8 Å². The lowest BCUT2D eigenvalue weighted by molar-refractivity contribution is -0.150. The molecule has 0 radical (unpaired) electrons. The number of hydrogen-bond acceptors (Lipinski definition) is 6. The molecule has 1 N–H and O–H groups in total. The van der Waals surface area contributed by atoms with Crippen LogP contribution in [-0.4, -0.2) is 58.6 Å². The van der Waals surface area contributed by atoms with E-state index in [1.54, 1.807) is 42.7 Å². The molecule has 1 aliphatic heterocycles. The van der Waals surface area contributed by atoms with Gasteiger partial charge in [0.25, 0.3) is 5.91 Å². The van der Waals surface area contributed by atoms with Crippen molar-refractivity contribution in [3.63, 3.8) is 0 Å². The van der Waals surface area contributed by atoms with Crippen LogP contribution in [0.4, 0.5) is 5.69 Å². The summed E-state index contributed by atoms with van der Waals surface area (Å²) in [5.74, 6) is -1.11. The Morgan fingerprint density at radius 1 is 1.12 bits per heavy atom. The Morgan fingerprint density at radius 3 is 2.32 bits per heavy atom. The standard InChI is InChI=1S/C33H42N4O4/c1-21(2)18-33(31(39)40)19-25(27-20-34-15-16-35-27)29(22-9-12-24(13-10-22)36(6)7)37(33)30(38)23-11-14-26(32(3,4)5)28(17-23)41-8/h9-17,20-21,25,29H,18-19H2,1-8H3,(H,39,40)/t25-,29+,33+/m1/s1. The molecule has 0 saturated carbocycles. The minimum Gasteiger partial charge on any atom is -0.496 e. The molecule has 1 aliphatic rings. The molecule has 1 saturated heterocycles. The molecule has 2 heterocycles. The van der Waals surface area contributed by atoms with Gasteiger partial charge in [-0.25, -0.2) is 4.79 Å². The number of benzene rings is 2. The van der Waals surface area contributed by atoms with Gasteiger partial charge in [0.15, 0.2) is 0 Å². The lowest BCUT2D eigenvalue weighted by Crippen LogP contribution is -2.54. The maximum absolute atomic E-state index is 14.7. The highest BCUT2D eigenvalue weighted by molar-refractivity contribution is 5.99. The third-order valence-corrected chi connectivity index (χ3v) is 8.01. The molecule has 8 heteroatoms. The molecule has 8 nitrogen and oxygen atoms in total. The quantitative estimate of drug-likeness (QED) is 0.357. The third kappa shape index (κ3) is 5.78. The van der Waals surface area contributed by atoms with Gasteiger partial charge in [-0.3, -0.25) is 14.8 Å². The van der Waals surface area contributed by atoms with Crippen LogP contribution in [-0.2, 0) is 10.2 Å². The van der Waals surface area contributed by atoms with Crippen LogP contribution in [0, 0.1) is 5.92 Å². The number of anilines is 1. The smallest absolute Gasteiger partial charge is 0.329 e. The largest absolute Gasteiger partial charge is 0.496 e. The minimum absolute atomic E-state index is 0.0246. The summed E-state index contributed by atoms with van der Waals surface area (Å²) in [6.45, 7) is 10.2. The van der Waals surface area contributed by atoms with Gasteiger partial charge in [-0.15, -0.1) is 0 Å². The van der Waals surface area contributed by atoms with E-state index in [2.05, 4.69) is 30.7 Å². The van der Waals surface area contributed by atoms with E-state index in [4.69, 9.17) is 4.74 Å². The highest BCUT2D eigenvalue weighted by atomic mass is 16.5. The first-order chi connectivity index (χ1) is 19.3. The van der Waals surface area contributed by atoms with Crippen molar-refractivity contribution in [2.75, 3.05) is 26.1 Å². The highest BCUT2D eigenvalue weighted by Crippen LogP contribution is 2.54. The second-order valence-corrected chi connectivity index (χ2v) is 12.6. The summed E-state index contributed by atoms with van der Waals surface area (Å²) in [4.78, 5) is 40.5. The first-order valence-corrected chi connectivity index (χ1v) is 14.1. The molecule has 2 aromatic carbocycles. The monoisotopic (exact) mass is 558 g/mol. The second-order valence-electron chi connectivity index (χ2n) is 12.6. The van der Waals surface area contributed by atoms with Gasteiger partial charge in [0, 0.05) is 49.9 Å². The number of aliphatic carboxylic acids is 1. The van der Waals surface area contributed by atoms with Crippen molar-refractivity contribution in [2.24, 2.45) is 5.92 Å². The highest BCUT2D eigenvalue weighted by Gasteiger charge is 2.59. The number of carbonyl (C=O) groups excluding carboxylic acids is 1. The zero-order valence-corrected chi connectivity index (χ0v) is 25.4. The maximum Gasteiger partial charge on any atom is 0.329 e. The molecular weight excluding hydrogens is 516 g/mol. The number of likely N-dealkylation sites (tertiary alicyclic amines) is 1. The molecule has 41 heavy (non-hydrogen) atoms. The maximum atomic E-state index is 14.7. The van der Waals surface area contributed by atoms with Gasteiger partial charge >= 0.3 is 5.97 Å². The average Bonchev–Trinajstić information content (AvgIpc) is 3.27. The Bertz CT molecular complexity index is 1380. The number of nitrogens with zero attached hydrogens (tertiary/aromatic N) is 4. The molecule has 0 bridgehead atoms. The Hall–Kier alpha value is -3.94. The van der Waals surface area contributed by atoms with E-state index in [0.29, 0.717) is 23.4 Å². The van der Waals surface area contributed by atoms with Crippen LogP contribution in [0.2, 0.25) is 0 Å². The summed E-state index contributed by atoms with van der Waals surface area (Å²) in [7, 11) is 5.53. The number of amides is 1. The van der Waals surface area contributed by atoms with Crippen molar-refractivity contribution in [3.8, 4) is 5.75 Å². The summed E-state index contributed by atoms with van der Waals surface area (Å²) < 4.78 is 5.72. The van der Waals surface area contributed by atoms with Crippen molar-refractivity contribution in [1.29, 1.82) is 0 Å². The number of carboxylic acids is 1. The van der Waals surface area contributed by atoms with Gasteiger partial charge < -0.3 is 19.6 Å². The van der Waals surface area contributed by atoms with Gasteiger partial charge in [-0.2, -0.15) is 0 Å². The van der Waals surface area contributed by atoms with E-state index in [9.17, 15) is 14.7 Å². The van der Waals surface area contributed by atoms with E-state index in [0.717, 1.165) is 16.8 Å². The summed E-state index contributed by atoms with van der Waals surface area (Å²) in [5, 5.41) is 10.9. The molecule has 0 aliphatic carbocycles. The predicted molar refractivity (Wildman–Crippen MR) is 161 cm³/mol. The minimum atomic E-state index is -1.45. The number of carboxylic acid groups (broad SMARTS) is 1. The first-order valence-electron chi connectivity index (χ1n) is 14.1. The summed E-state index contributed by atoms with van der Waals surface area (Å²) in [6.07, 6.45) is 5.43. The molecule has 1 aromatic heterocycles. The Balaban J connectivity index is 1.96. The molecule has 3 atom stereocenters. The van der Waals surface area contributed by atoms with Crippen molar-refractivity contribution >= 4 is 17.6 Å². The molecule has 0 unspecified atom stereocenters. The van der Waals surface area contributed by atoms with E-state index in [-0.39, 0.29) is 29.6 Å². The van der Waals surface area contributed by atoms with E-state index in [1.807, 2.05) is 63.2 Å². The van der Waals surface area contributed by atoms with Gasteiger partial charge in [-0.05, 0) is 59.6 Å². The lowest BCUT2D eigenvalue weighted by Gasteiger charge is -2.39. The topological polar surface area (TPSA) is 95.9 Å². The van der Waals surface area contributed by atoms with E-state index >= 15 is 0 Å². The predicted octanol–water partition coefficient (Wildman–Crippen LogP) is 6.09. The van der Waals surface area contributed by atoms with Gasteiger partial charge in [0.05, 0.1) is 18.8 Å². The zero-order chi connectivity index (χ0) is 30.1. The number of ether oxygens (including phenoxy) is 1. The Kier molecular flexibility index (Phi) is 8.43. The van der Waals surface area contributed by atoms with E-state index in [1.165, 1.54) is 0 Å². The Labute approximate surface area is 243 Å². The number of rotatable bonds is 8. The number of methoxy groups -OCH3 is 1. The lowest BCUT2D eigenvalue weighted by atomic mass is 9.82. The SMILES string of the molecule is COc1cc(C(=O)N2[C@@H](c3ccc(N(C)C)cc3)[C@@H](c3cnccn3)C[C@@]2(CC(C)C)C(=O)O)ccc1C(C)(C)C. The first kappa shape index (κ1) is 30.0. The summed E-state index contributed by atoms with van der Waals surface area (Å²) >= 11 is 0. The van der Waals surface area contributed by atoms with Gasteiger partial charge in [0.2, 0.25) is 0 Å². The van der Waals surface area contributed by atoms with Crippen LogP contribution < -0.4 is 9.64 Å². The third-order valence-electron chi connectivity index (χ3n) is 8.01. The molecule has 1 amide bonds. The van der Waals surface area contributed by atoms with E-state index < -0.39 is 17.6 Å². The van der Waals surface area contributed by atoms with Crippen LogP contribution in [0.3, 0.4) is 0 Å². The average molecular weight is 559 g/mol.